The third kappa shape index (κ3) is 6.78. The molecular weight excluding hydrogens is 484 g/mol. The summed E-state index contributed by atoms with van der Waals surface area (Å²) in [6, 6.07) is 5.33. The van der Waals surface area contributed by atoms with Gasteiger partial charge in [0.25, 0.3) is 5.91 Å². The molecule has 0 saturated carbocycles. The molecule has 1 fully saturated rings. The van der Waals surface area contributed by atoms with E-state index >= 15 is 0 Å². The molecule has 3 aromatic rings. The number of hydrogen-bond donors (Lipinski definition) is 3. The molecule has 2 aliphatic heterocycles. The second-order valence-electron chi connectivity index (χ2n) is 9.61. The number of primary amides is 2. The molecule has 11 nitrogen and oxygen atoms in total. The van der Waals surface area contributed by atoms with Crippen LogP contribution in [0.1, 0.15) is 73.4 Å². The van der Waals surface area contributed by atoms with E-state index in [1.54, 1.807) is 29.3 Å². The number of nitrogens with one attached hydrogen (secondary N) is 1. The molecule has 0 radical (unpaired) electrons. The Bertz CT molecular complexity index is 1260. The number of rotatable bonds is 5. The average Bonchev–Trinajstić information content (AvgIpc) is 3.47. The van der Waals surface area contributed by atoms with Gasteiger partial charge < -0.3 is 26.4 Å². The Balaban J connectivity index is 0.000000215. The quantitative estimate of drug-likeness (QED) is 0.460. The zero-order valence-electron chi connectivity index (χ0n) is 22.8. The lowest BCUT2D eigenvalue weighted by Crippen LogP contribution is -2.30. The number of hydrogen-bond acceptors (Lipinski definition) is 8. The lowest BCUT2D eigenvalue weighted by molar-refractivity contribution is 0.0989. The van der Waals surface area contributed by atoms with Crippen LogP contribution >= 0.6 is 0 Å². The number of nitrogens with two attached hydrogens (primary N) is 2. The molecular formula is C27H38N8O3. The Hall–Kier alpha value is -4.15. The first-order valence-electron chi connectivity index (χ1n) is 12.9. The summed E-state index contributed by atoms with van der Waals surface area (Å²) in [6.07, 6.45) is 8.58. The molecule has 4 heterocycles. The van der Waals surface area contributed by atoms with Crippen molar-refractivity contribution in [2.45, 2.75) is 52.4 Å². The van der Waals surface area contributed by atoms with Gasteiger partial charge in [0.15, 0.2) is 11.5 Å². The van der Waals surface area contributed by atoms with Crippen molar-refractivity contribution in [1.29, 1.82) is 0 Å². The van der Waals surface area contributed by atoms with Crippen molar-refractivity contribution in [2.75, 3.05) is 29.9 Å². The second kappa shape index (κ2) is 12.4. The van der Waals surface area contributed by atoms with Gasteiger partial charge in [0.1, 0.15) is 11.6 Å². The van der Waals surface area contributed by atoms with Crippen LogP contribution in [0.15, 0.2) is 36.8 Å². The smallest absolute Gasteiger partial charge is 0.271 e. The lowest BCUT2D eigenvalue weighted by atomic mass is 9.86. The Morgan fingerprint density at radius 3 is 2.37 bits per heavy atom. The van der Waals surface area contributed by atoms with E-state index in [9.17, 15) is 9.59 Å². The summed E-state index contributed by atoms with van der Waals surface area (Å²) in [4.78, 5) is 33.4. The number of fused-ring (bicyclic) bond motifs is 1. The van der Waals surface area contributed by atoms with Gasteiger partial charge in [0, 0.05) is 42.9 Å². The molecule has 0 spiro atoms. The van der Waals surface area contributed by atoms with Crippen LogP contribution in [0.3, 0.4) is 0 Å². The van der Waals surface area contributed by atoms with Gasteiger partial charge in [-0.25, -0.2) is 9.97 Å². The normalized spacial score (nSPS) is 15.1. The molecule has 0 bridgehead atoms. The van der Waals surface area contributed by atoms with E-state index in [2.05, 4.69) is 39.1 Å². The Labute approximate surface area is 223 Å². The average molecular weight is 523 g/mol. The Morgan fingerprint density at radius 2 is 1.76 bits per heavy atom. The highest BCUT2D eigenvalue weighted by Gasteiger charge is 2.32. The Morgan fingerprint density at radius 1 is 1.05 bits per heavy atom. The molecule has 2 amide bonds. The number of piperidine rings is 1. The van der Waals surface area contributed by atoms with Crippen molar-refractivity contribution >= 4 is 29.1 Å². The molecule has 5 N–H and O–H groups in total. The first kappa shape index (κ1) is 28.4. The highest BCUT2D eigenvalue weighted by atomic mass is 16.5. The van der Waals surface area contributed by atoms with E-state index in [4.69, 9.17) is 16.2 Å². The minimum atomic E-state index is -0.607. The van der Waals surface area contributed by atoms with Gasteiger partial charge in [-0.3, -0.25) is 14.3 Å². The maximum Gasteiger partial charge on any atom is 0.271 e. The van der Waals surface area contributed by atoms with Gasteiger partial charge in [0.05, 0.1) is 24.7 Å². The molecule has 38 heavy (non-hydrogen) atoms. The van der Waals surface area contributed by atoms with Gasteiger partial charge in [-0.2, -0.15) is 5.10 Å². The van der Waals surface area contributed by atoms with Crippen molar-refractivity contribution in [3.05, 3.63) is 53.6 Å². The predicted molar refractivity (Wildman–Crippen MR) is 148 cm³/mol. The van der Waals surface area contributed by atoms with Crippen molar-refractivity contribution in [3.63, 3.8) is 0 Å². The zero-order valence-corrected chi connectivity index (χ0v) is 22.8. The number of anilines is 3. The minimum absolute atomic E-state index is 0.0270. The fraction of sp³-hybridized carbons (Fsp3) is 0.444. The standard InChI is InChI=1S/C14H19N7O.C11H13NO2.C2H6/c1-20-9-10(7-17-20)18-14-12(13(15)22)16-8-11(19-14)21-5-3-2-4-6-21;1-11(2)6-14-9-4-3-7(10(12)13)5-8(9)11;1-2/h7-9H,2-6H2,1H3,(H2,15,22)(H,18,19);3-5H,6H2,1-2H3,(H2,12,13);1-2H3. The summed E-state index contributed by atoms with van der Waals surface area (Å²) in [7, 11) is 1.82. The molecule has 0 aliphatic carbocycles. The van der Waals surface area contributed by atoms with Crippen LogP contribution < -0.4 is 26.4 Å². The molecule has 11 heteroatoms. The van der Waals surface area contributed by atoms with Crippen LogP contribution in [0.5, 0.6) is 5.75 Å². The first-order chi connectivity index (χ1) is 18.1. The van der Waals surface area contributed by atoms with Crippen LogP contribution in [-0.2, 0) is 12.5 Å². The van der Waals surface area contributed by atoms with Crippen LogP contribution in [0.25, 0.3) is 0 Å². The monoisotopic (exact) mass is 522 g/mol. The molecule has 2 aliphatic rings. The number of benzene rings is 1. The number of amides is 2. The molecule has 5 rings (SSSR count). The summed E-state index contributed by atoms with van der Waals surface area (Å²) < 4.78 is 7.16. The maximum absolute atomic E-state index is 11.6. The SMILES string of the molecule is CC.CC1(C)COc2ccc(C(N)=O)cc21.Cn1cc(Nc2nc(N3CCCCC3)cnc2C(N)=O)cn1. The lowest BCUT2D eigenvalue weighted by Gasteiger charge is -2.27. The Kier molecular flexibility index (Phi) is 9.27. The van der Waals surface area contributed by atoms with Crippen molar-refractivity contribution in [3.8, 4) is 5.75 Å². The van der Waals surface area contributed by atoms with Crippen molar-refractivity contribution in [1.82, 2.24) is 19.7 Å². The fourth-order valence-electron chi connectivity index (χ4n) is 4.22. The van der Waals surface area contributed by atoms with Crippen LogP contribution in [-0.4, -0.2) is 51.3 Å². The van der Waals surface area contributed by atoms with Gasteiger partial charge in [-0.05, 0) is 37.5 Å². The summed E-state index contributed by atoms with van der Waals surface area (Å²) >= 11 is 0. The van der Waals surface area contributed by atoms with Crippen LogP contribution in [0, 0.1) is 0 Å². The third-order valence-corrected chi connectivity index (χ3v) is 6.22. The van der Waals surface area contributed by atoms with E-state index in [0.717, 1.165) is 48.7 Å². The highest BCUT2D eigenvalue weighted by Crippen LogP contribution is 2.38. The molecule has 1 aromatic carbocycles. The predicted octanol–water partition coefficient (Wildman–Crippen LogP) is 3.52. The van der Waals surface area contributed by atoms with E-state index in [1.807, 2.05) is 33.0 Å². The molecule has 1 saturated heterocycles. The fourth-order valence-corrected chi connectivity index (χ4v) is 4.22. The number of aromatic nitrogens is 4. The number of ether oxygens (including phenoxy) is 1. The zero-order chi connectivity index (χ0) is 27.9. The summed E-state index contributed by atoms with van der Waals surface area (Å²) in [5.41, 5.74) is 13.0. The van der Waals surface area contributed by atoms with Crippen molar-refractivity contribution in [2.24, 2.45) is 18.5 Å². The number of nitrogens with zero attached hydrogens (tertiary/aromatic N) is 5. The summed E-state index contributed by atoms with van der Waals surface area (Å²) in [5.74, 6) is 0.985. The number of carbonyl (C=O) groups is 2. The van der Waals surface area contributed by atoms with Gasteiger partial charge >= 0.3 is 0 Å². The minimum Gasteiger partial charge on any atom is -0.492 e. The number of carbonyl (C=O) groups excluding carboxylic acids is 2. The van der Waals surface area contributed by atoms with E-state index < -0.39 is 11.8 Å². The maximum atomic E-state index is 11.6. The van der Waals surface area contributed by atoms with E-state index in [1.165, 1.54) is 6.42 Å². The topological polar surface area (TPSA) is 154 Å². The van der Waals surface area contributed by atoms with Gasteiger partial charge in [-0.15, -0.1) is 0 Å². The van der Waals surface area contributed by atoms with Crippen molar-refractivity contribution < 1.29 is 14.3 Å². The summed E-state index contributed by atoms with van der Waals surface area (Å²) in [5, 5.41) is 7.15. The van der Waals surface area contributed by atoms with Gasteiger partial charge in [0.2, 0.25) is 5.91 Å². The van der Waals surface area contributed by atoms with Crippen LogP contribution in [0.2, 0.25) is 0 Å². The van der Waals surface area contributed by atoms with E-state index in [-0.39, 0.29) is 11.1 Å². The highest BCUT2D eigenvalue weighted by molar-refractivity contribution is 5.96. The molecule has 0 atom stereocenters. The van der Waals surface area contributed by atoms with Crippen LogP contribution in [0.4, 0.5) is 17.3 Å². The second-order valence-corrected chi connectivity index (χ2v) is 9.61. The first-order valence-corrected chi connectivity index (χ1v) is 12.9. The largest absolute Gasteiger partial charge is 0.492 e. The molecule has 0 unspecified atom stereocenters. The summed E-state index contributed by atoms with van der Waals surface area (Å²) in [6.45, 7) is 10.7. The molecule has 2 aromatic heterocycles. The third-order valence-electron chi connectivity index (χ3n) is 6.22. The number of aryl methyl sites for hydroxylation is 1. The molecule has 204 valence electrons. The van der Waals surface area contributed by atoms with E-state index in [0.29, 0.717) is 18.0 Å². The van der Waals surface area contributed by atoms with Gasteiger partial charge in [-0.1, -0.05) is 27.7 Å².